The molecule has 0 bridgehead atoms. The van der Waals surface area contributed by atoms with Gasteiger partial charge in [0.2, 0.25) is 0 Å². The smallest absolute Gasteiger partial charge is 0.00104 e. The average molecular weight is 188 g/mol. The molecule has 0 radical (unpaired) electrons. The van der Waals surface area contributed by atoms with Gasteiger partial charge in [0.15, 0.2) is 0 Å². The van der Waals surface area contributed by atoms with Crippen molar-refractivity contribution in [3.8, 4) is 0 Å². The van der Waals surface area contributed by atoms with Crippen molar-refractivity contribution in [3.63, 3.8) is 0 Å². The van der Waals surface area contributed by atoms with Crippen LogP contribution in [0.4, 0.5) is 0 Å². The van der Waals surface area contributed by atoms with Gasteiger partial charge in [-0.1, -0.05) is 69.5 Å². The van der Waals surface area contributed by atoms with E-state index in [0.29, 0.717) is 5.92 Å². The molecule has 0 aliphatic carbocycles. The zero-order chi connectivity index (χ0) is 10.8. The molecule has 0 heterocycles. The van der Waals surface area contributed by atoms with E-state index in [0.717, 1.165) is 6.42 Å². The summed E-state index contributed by atoms with van der Waals surface area (Å²) in [5.41, 5.74) is 1.25. The second kappa shape index (κ2) is 8.31. The Hall–Kier alpha value is -1.30. The molecule has 0 N–H and O–H groups in total. The van der Waals surface area contributed by atoms with E-state index < -0.39 is 0 Å². The van der Waals surface area contributed by atoms with Crippen molar-refractivity contribution >= 4 is 0 Å². The van der Waals surface area contributed by atoms with E-state index in [4.69, 9.17) is 0 Å². The number of rotatable bonds is 6. The van der Waals surface area contributed by atoms with Gasteiger partial charge < -0.3 is 0 Å². The summed E-state index contributed by atoms with van der Waals surface area (Å²) in [7, 11) is 0. The van der Waals surface area contributed by atoms with Crippen molar-refractivity contribution in [1.82, 2.24) is 0 Å². The van der Waals surface area contributed by atoms with Gasteiger partial charge in [-0.3, -0.25) is 0 Å². The van der Waals surface area contributed by atoms with Crippen LogP contribution in [-0.2, 0) is 0 Å². The largest absolute Gasteiger partial charge is 0.0991 e. The summed E-state index contributed by atoms with van der Waals surface area (Å²) in [4.78, 5) is 0. The fourth-order valence-electron chi connectivity index (χ4n) is 1.13. The number of hydrogen-bond acceptors (Lipinski definition) is 0. The van der Waals surface area contributed by atoms with Crippen LogP contribution >= 0.6 is 0 Å². The molecule has 1 atom stereocenters. The summed E-state index contributed by atoms with van der Waals surface area (Å²) in [6, 6.07) is 0. The number of allylic oxidation sites excluding steroid dienone is 8. The molecule has 0 aliphatic heterocycles. The molecule has 0 spiro atoms. The molecule has 0 aromatic rings. The Morgan fingerprint density at radius 1 is 1.29 bits per heavy atom. The normalized spacial score (nSPS) is 14.9. The predicted molar refractivity (Wildman–Crippen MR) is 66.2 cm³/mol. The van der Waals surface area contributed by atoms with Crippen LogP contribution in [0.3, 0.4) is 0 Å². The highest BCUT2D eigenvalue weighted by Crippen LogP contribution is 2.14. The SMILES string of the molecule is C=C/C=C\C(=C/C=C)C(C)/C=C/CC. The summed E-state index contributed by atoms with van der Waals surface area (Å²) in [6.07, 6.45) is 15.1. The minimum Gasteiger partial charge on any atom is -0.0991 e. The van der Waals surface area contributed by atoms with Crippen LogP contribution in [0.1, 0.15) is 20.3 Å². The fourth-order valence-corrected chi connectivity index (χ4v) is 1.13. The molecule has 0 aromatic carbocycles. The van der Waals surface area contributed by atoms with Crippen LogP contribution in [0.15, 0.2) is 61.3 Å². The Kier molecular flexibility index (Phi) is 7.53. The molecular weight excluding hydrogens is 168 g/mol. The molecule has 0 heteroatoms. The van der Waals surface area contributed by atoms with Gasteiger partial charge in [0.1, 0.15) is 0 Å². The van der Waals surface area contributed by atoms with Crippen LogP contribution in [0.25, 0.3) is 0 Å². The Morgan fingerprint density at radius 2 is 2.00 bits per heavy atom. The maximum Gasteiger partial charge on any atom is -0.00104 e. The van der Waals surface area contributed by atoms with Gasteiger partial charge in [-0.15, -0.1) is 0 Å². The summed E-state index contributed by atoms with van der Waals surface area (Å²) in [5, 5.41) is 0. The maximum atomic E-state index is 3.71. The van der Waals surface area contributed by atoms with Crippen molar-refractivity contribution in [3.05, 3.63) is 61.3 Å². The van der Waals surface area contributed by atoms with E-state index >= 15 is 0 Å². The predicted octanol–water partition coefficient (Wildman–Crippen LogP) is 4.44. The van der Waals surface area contributed by atoms with Crippen LogP contribution < -0.4 is 0 Å². The molecule has 0 aliphatic rings. The van der Waals surface area contributed by atoms with Crippen LogP contribution in [0, 0.1) is 5.92 Å². The molecule has 0 rings (SSSR count). The van der Waals surface area contributed by atoms with Gasteiger partial charge >= 0.3 is 0 Å². The van der Waals surface area contributed by atoms with Gasteiger partial charge in [-0.25, -0.2) is 0 Å². The summed E-state index contributed by atoms with van der Waals surface area (Å²) < 4.78 is 0. The van der Waals surface area contributed by atoms with E-state index in [1.807, 2.05) is 18.2 Å². The first kappa shape index (κ1) is 12.7. The zero-order valence-electron chi connectivity index (χ0n) is 9.24. The molecular formula is C14H20. The maximum absolute atomic E-state index is 3.71. The summed E-state index contributed by atoms with van der Waals surface area (Å²) in [6.45, 7) is 11.7. The standard InChI is InChI=1S/C14H20/c1-5-8-11-13(4)14(10-7-3)12-9-6-2/h6-13H,2-3,5H2,1,4H3/b11-8+,12-9-,14-10+. The highest BCUT2D eigenvalue weighted by atomic mass is 14.0. The topological polar surface area (TPSA) is 0 Å². The van der Waals surface area contributed by atoms with Crippen LogP contribution in [0.2, 0.25) is 0 Å². The minimum absolute atomic E-state index is 0.434. The van der Waals surface area contributed by atoms with Crippen molar-refractivity contribution in [2.75, 3.05) is 0 Å². The fraction of sp³-hybridized carbons (Fsp3) is 0.286. The third-order valence-electron chi connectivity index (χ3n) is 1.92. The molecule has 14 heavy (non-hydrogen) atoms. The molecule has 0 aromatic heterocycles. The lowest BCUT2D eigenvalue weighted by atomic mass is 9.99. The first-order valence-electron chi connectivity index (χ1n) is 5.04. The monoisotopic (exact) mass is 188 g/mol. The van der Waals surface area contributed by atoms with Gasteiger partial charge in [0.25, 0.3) is 0 Å². The Morgan fingerprint density at radius 3 is 2.50 bits per heavy atom. The molecule has 0 nitrogen and oxygen atoms in total. The first-order chi connectivity index (χ1) is 6.76. The molecule has 0 fully saturated rings. The van der Waals surface area contributed by atoms with Crippen LogP contribution in [-0.4, -0.2) is 0 Å². The van der Waals surface area contributed by atoms with Gasteiger partial charge in [0.05, 0.1) is 0 Å². The Balaban J connectivity index is 4.56. The molecule has 1 unspecified atom stereocenters. The van der Waals surface area contributed by atoms with E-state index in [9.17, 15) is 0 Å². The quantitative estimate of drug-likeness (QED) is 0.427. The molecule has 0 saturated carbocycles. The van der Waals surface area contributed by atoms with Crippen molar-refractivity contribution < 1.29 is 0 Å². The number of hydrogen-bond donors (Lipinski definition) is 0. The van der Waals surface area contributed by atoms with Crippen molar-refractivity contribution in [2.24, 2.45) is 5.92 Å². The molecule has 0 saturated heterocycles. The van der Waals surface area contributed by atoms with Crippen molar-refractivity contribution in [1.29, 1.82) is 0 Å². The summed E-state index contributed by atoms with van der Waals surface area (Å²) in [5.74, 6) is 0.434. The lowest BCUT2D eigenvalue weighted by Gasteiger charge is -2.06. The first-order valence-corrected chi connectivity index (χ1v) is 5.04. The lowest BCUT2D eigenvalue weighted by Crippen LogP contribution is -1.92. The highest BCUT2D eigenvalue weighted by molar-refractivity contribution is 5.29. The third kappa shape index (κ3) is 5.36. The lowest BCUT2D eigenvalue weighted by molar-refractivity contribution is 0.884. The summed E-state index contributed by atoms with van der Waals surface area (Å²) >= 11 is 0. The Labute approximate surface area is 88.0 Å². The zero-order valence-corrected chi connectivity index (χ0v) is 9.24. The second-order valence-electron chi connectivity index (χ2n) is 3.12. The Bertz CT molecular complexity index is 251. The molecule has 0 amide bonds. The van der Waals surface area contributed by atoms with Gasteiger partial charge in [-0.2, -0.15) is 0 Å². The van der Waals surface area contributed by atoms with Crippen molar-refractivity contribution in [2.45, 2.75) is 20.3 Å². The van der Waals surface area contributed by atoms with Gasteiger partial charge in [0, 0.05) is 0 Å². The van der Waals surface area contributed by atoms with Gasteiger partial charge in [-0.05, 0) is 17.9 Å². The average Bonchev–Trinajstić information content (AvgIpc) is 2.20. The second-order valence-corrected chi connectivity index (χ2v) is 3.12. The third-order valence-corrected chi connectivity index (χ3v) is 1.92. The van der Waals surface area contributed by atoms with E-state index in [-0.39, 0.29) is 0 Å². The van der Waals surface area contributed by atoms with E-state index in [2.05, 4.69) is 45.2 Å². The minimum atomic E-state index is 0.434. The highest BCUT2D eigenvalue weighted by Gasteiger charge is 1.99. The molecule has 76 valence electrons. The van der Waals surface area contributed by atoms with Crippen LogP contribution in [0.5, 0.6) is 0 Å². The van der Waals surface area contributed by atoms with E-state index in [1.54, 1.807) is 6.08 Å². The van der Waals surface area contributed by atoms with E-state index in [1.165, 1.54) is 5.57 Å².